The number of amides is 2. The number of phenolic OH excluding ortho intramolecular Hbond substituents is 1. The number of nitrogens with zero attached hydrogens (tertiary/aromatic N) is 1. The molecule has 2 amide bonds. The topological polar surface area (TPSA) is 83.1 Å². The third kappa shape index (κ3) is 6.75. The van der Waals surface area contributed by atoms with Crippen LogP contribution < -0.4 is 15.4 Å². The number of ether oxygens (including phenoxy) is 2. The molecule has 7 nitrogen and oxygen atoms in total. The van der Waals surface area contributed by atoms with Crippen molar-refractivity contribution >= 4 is 6.03 Å². The zero-order chi connectivity index (χ0) is 16.5. The predicted molar refractivity (Wildman–Crippen MR) is 86.6 cm³/mol. The summed E-state index contributed by atoms with van der Waals surface area (Å²) in [6.07, 6.45) is 0.444. The van der Waals surface area contributed by atoms with Crippen molar-refractivity contribution in [1.82, 2.24) is 15.5 Å². The molecule has 7 heteroatoms. The van der Waals surface area contributed by atoms with E-state index in [2.05, 4.69) is 15.5 Å². The Balaban J connectivity index is 1.57. The molecule has 23 heavy (non-hydrogen) atoms. The van der Waals surface area contributed by atoms with Gasteiger partial charge in [-0.15, -0.1) is 0 Å². The summed E-state index contributed by atoms with van der Waals surface area (Å²) in [6, 6.07) is 6.11. The fraction of sp³-hybridized carbons (Fsp3) is 0.562. The molecule has 1 heterocycles. The van der Waals surface area contributed by atoms with Crippen molar-refractivity contribution in [2.75, 3.05) is 39.4 Å². The minimum atomic E-state index is -0.459. The van der Waals surface area contributed by atoms with Crippen molar-refractivity contribution < 1.29 is 19.4 Å². The van der Waals surface area contributed by atoms with Crippen LogP contribution in [0.1, 0.15) is 13.3 Å². The van der Waals surface area contributed by atoms with Gasteiger partial charge in [0.25, 0.3) is 0 Å². The van der Waals surface area contributed by atoms with E-state index in [9.17, 15) is 9.90 Å². The molecule has 0 spiro atoms. The number of morpholine rings is 1. The van der Waals surface area contributed by atoms with Gasteiger partial charge in [0.05, 0.1) is 13.2 Å². The third-order valence-electron chi connectivity index (χ3n) is 3.52. The summed E-state index contributed by atoms with van der Waals surface area (Å²) in [6.45, 7) is 6.84. The second kappa shape index (κ2) is 9.22. The highest BCUT2D eigenvalue weighted by Crippen LogP contribution is 2.16. The van der Waals surface area contributed by atoms with E-state index in [1.165, 1.54) is 12.1 Å². The van der Waals surface area contributed by atoms with Crippen LogP contribution in [-0.2, 0) is 4.74 Å². The summed E-state index contributed by atoms with van der Waals surface area (Å²) in [5, 5.41) is 14.7. The molecule has 128 valence electrons. The number of urea groups is 1. The molecule has 0 aromatic heterocycles. The van der Waals surface area contributed by atoms with Crippen molar-refractivity contribution in [2.24, 2.45) is 0 Å². The average Bonchev–Trinajstić information content (AvgIpc) is 2.55. The highest BCUT2D eigenvalue weighted by molar-refractivity contribution is 5.73. The Morgan fingerprint density at radius 1 is 1.35 bits per heavy atom. The fourth-order valence-corrected chi connectivity index (χ4v) is 2.32. The van der Waals surface area contributed by atoms with Gasteiger partial charge >= 0.3 is 6.03 Å². The number of carbonyl (C=O) groups is 1. The van der Waals surface area contributed by atoms with Gasteiger partial charge in [-0.25, -0.2) is 4.79 Å². The number of phenols is 1. The standard InChI is InChI=1S/C16H25N3O4/c1-13(23-15-5-3-14(20)4-6-15)18-16(21)17-7-2-8-19-9-11-22-12-10-19/h3-6,13,20H,2,7-12H2,1H3,(H2,17,18,21). The van der Waals surface area contributed by atoms with E-state index in [0.717, 1.165) is 39.3 Å². The van der Waals surface area contributed by atoms with Crippen LogP contribution in [0.2, 0.25) is 0 Å². The minimum Gasteiger partial charge on any atom is -0.508 e. The lowest BCUT2D eigenvalue weighted by Gasteiger charge is -2.26. The molecule has 1 unspecified atom stereocenters. The van der Waals surface area contributed by atoms with Crippen LogP contribution in [0.5, 0.6) is 11.5 Å². The number of aromatic hydroxyl groups is 1. The third-order valence-corrected chi connectivity index (χ3v) is 3.52. The largest absolute Gasteiger partial charge is 0.508 e. The van der Waals surface area contributed by atoms with Gasteiger partial charge in [-0.3, -0.25) is 4.90 Å². The molecule has 0 aliphatic carbocycles. The summed E-state index contributed by atoms with van der Waals surface area (Å²) in [5.74, 6) is 0.763. The van der Waals surface area contributed by atoms with Gasteiger partial charge in [0.15, 0.2) is 6.23 Å². The molecule has 1 aliphatic rings. The highest BCUT2D eigenvalue weighted by atomic mass is 16.5. The van der Waals surface area contributed by atoms with Gasteiger partial charge in [0.1, 0.15) is 11.5 Å². The van der Waals surface area contributed by atoms with Crippen LogP contribution >= 0.6 is 0 Å². The van der Waals surface area contributed by atoms with Crippen molar-refractivity contribution in [3.63, 3.8) is 0 Å². The van der Waals surface area contributed by atoms with Crippen molar-refractivity contribution in [1.29, 1.82) is 0 Å². The van der Waals surface area contributed by atoms with Gasteiger partial charge in [0.2, 0.25) is 0 Å². The second-order valence-electron chi connectivity index (χ2n) is 5.46. The lowest BCUT2D eigenvalue weighted by molar-refractivity contribution is 0.0375. The first-order valence-electron chi connectivity index (χ1n) is 7.93. The first-order chi connectivity index (χ1) is 11.1. The first kappa shape index (κ1) is 17.4. The molecule has 3 N–H and O–H groups in total. The maximum atomic E-state index is 11.8. The van der Waals surface area contributed by atoms with Crippen molar-refractivity contribution in [3.05, 3.63) is 24.3 Å². The predicted octanol–water partition coefficient (Wildman–Crippen LogP) is 1.14. The van der Waals surface area contributed by atoms with Gasteiger partial charge in [-0.05, 0) is 44.2 Å². The van der Waals surface area contributed by atoms with Gasteiger partial charge in [0, 0.05) is 19.6 Å². The molecule has 0 radical (unpaired) electrons. The smallest absolute Gasteiger partial charge is 0.317 e. The second-order valence-corrected chi connectivity index (χ2v) is 5.46. The molecule has 1 aromatic rings. The Morgan fingerprint density at radius 3 is 2.74 bits per heavy atom. The first-order valence-corrected chi connectivity index (χ1v) is 7.93. The lowest BCUT2D eigenvalue weighted by atomic mass is 10.3. The molecule has 2 rings (SSSR count). The normalized spacial score (nSPS) is 16.6. The molecule has 1 aliphatic heterocycles. The molecular formula is C16H25N3O4. The summed E-state index contributed by atoms with van der Waals surface area (Å²) in [5.41, 5.74) is 0. The molecule has 1 fully saturated rings. The number of carbonyl (C=O) groups excluding carboxylic acids is 1. The van der Waals surface area contributed by atoms with E-state index >= 15 is 0 Å². The zero-order valence-electron chi connectivity index (χ0n) is 13.5. The zero-order valence-corrected chi connectivity index (χ0v) is 13.5. The lowest BCUT2D eigenvalue weighted by Crippen LogP contribution is -2.44. The van der Waals surface area contributed by atoms with Crippen LogP contribution in [0.3, 0.4) is 0 Å². The molecule has 0 saturated carbocycles. The summed E-state index contributed by atoms with van der Waals surface area (Å²) >= 11 is 0. The Kier molecular flexibility index (Phi) is 6.96. The summed E-state index contributed by atoms with van der Waals surface area (Å²) in [4.78, 5) is 14.1. The Bertz CT molecular complexity index is 475. The maximum Gasteiger partial charge on any atom is 0.317 e. The molecule has 0 bridgehead atoms. The Hall–Kier alpha value is -1.99. The Labute approximate surface area is 136 Å². The van der Waals surface area contributed by atoms with Crippen LogP contribution in [0.15, 0.2) is 24.3 Å². The van der Waals surface area contributed by atoms with Crippen LogP contribution in [-0.4, -0.2) is 61.7 Å². The van der Waals surface area contributed by atoms with Crippen LogP contribution in [0.4, 0.5) is 4.79 Å². The van der Waals surface area contributed by atoms with E-state index in [4.69, 9.17) is 9.47 Å². The van der Waals surface area contributed by atoms with Gasteiger partial charge < -0.3 is 25.2 Å². The average molecular weight is 323 g/mol. The monoisotopic (exact) mass is 323 g/mol. The number of hydrogen-bond donors (Lipinski definition) is 3. The molecular weight excluding hydrogens is 298 g/mol. The summed E-state index contributed by atoms with van der Waals surface area (Å²) in [7, 11) is 0. The number of nitrogens with one attached hydrogen (secondary N) is 2. The summed E-state index contributed by atoms with van der Waals surface area (Å²) < 4.78 is 10.8. The van der Waals surface area contributed by atoms with E-state index in [-0.39, 0.29) is 11.8 Å². The fourth-order valence-electron chi connectivity index (χ4n) is 2.32. The SMILES string of the molecule is CC(NC(=O)NCCCN1CCOCC1)Oc1ccc(O)cc1. The number of hydrogen-bond acceptors (Lipinski definition) is 5. The quantitative estimate of drug-likeness (QED) is 0.518. The Morgan fingerprint density at radius 2 is 2.04 bits per heavy atom. The highest BCUT2D eigenvalue weighted by Gasteiger charge is 2.10. The van der Waals surface area contributed by atoms with Crippen LogP contribution in [0.25, 0.3) is 0 Å². The molecule has 1 atom stereocenters. The molecule has 1 aromatic carbocycles. The number of benzene rings is 1. The van der Waals surface area contributed by atoms with E-state index in [0.29, 0.717) is 12.3 Å². The van der Waals surface area contributed by atoms with E-state index in [1.54, 1.807) is 19.1 Å². The maximum absolute atomic E-state index is 11.8. The van der Waals surface area contributed by atoms with Gasteiger partial charge in [-0.2, -0.15) is 0 Å². The minimum absolute atomic E-state index is 0.177. The van der Waals surface area contributed by atoms with Gasteiger partial charge in [-0.1, -0.05) is 0 Å². The van der Waals surface area contributed by atoms with Crippen LogP contribution in [0, 0.1) is 0 Å². The molecule has 1 saturated heterocycles. The van der Waals surface area contributed by atoms with Crippen molar-refractivity contribution in [3.8, 4) is 11.5 Å². The van der Waals surface area contributed by atoms with E-state index < -0.39 is 6.23 Å². The van der Waals surface area contributed by atoms with E-state index in [1.807, 2.05) is 0 Å². The van der Waals surface area contributed by atoms with Crippen molar-refractivity contribution in [2.45, 2.75) is 19.6 Å². The number of rotatable bonds is 7.